The lowest BCUT2D eigenvalue weighted by Gasteiger charge is -2.54. The molecule has 1 aliphatic rings. The number of nitrogens with zero attached hydrogens (tertiary/aromatic N) is 1. The number of hydrogen-bond donors (Lipinski definition) is 0. The van der Waals surface area contributed by atoms with Crippen LogP contribution in [0.2, 0.25) is 0 Å². The third-order valence-electron chi connectivity index (χ3n) is 3.82. The predicted molar refractivity (Wildman–Crippen MR) is 74.5 cm³/mol. The minimum Gasteiger partial charge on any atom is -0.459 e. The van der Waals surface area contributed by atoms with Gasteiger partial charge in [0.05, 0.1) is 0 Å². The molecule has 0 aromatic rings. The average Bonchev–Trinajstić information content (AvgIpc) is 2.13. The highest BCUT2D eigenvalue weighted by atomic mass is 16.5. The Morgan fingerprint density at radius 3 is 2.17 bits per heavy atom. The molecule has 0 aromatic heterocycles. The summed E-state index contributed by atoms with van der Waals surface area (Å²) in [5, 5.41) is 0. The van der Waals surface area contributed by atoms with Crippen LogP contribution in [-0.2, 0) is 9.53 Å². The Morgan fingerprint density at radius 1 is 1.28 bits per heavy atom. The van der Waals surface area contributed by atoms with Gasteiger partial charge in [-0.2, -0.15) is 0 Å². The standard InChI is InChI=1S/C15H27NO2/c1-7-9-13(17)18-12-10-14(3,4)16(8-2)15(5,6)11-12/h7,9,12H,8,10-11H2,1-6H3. The molecule has 1 aliphatic heterocycles. The summed E-state index contributed by atoms with van der Waals surface area (Å²) < 4.78 is 5.54. The molecule has 0 N–H and O–H groups in total. The predicted octanol–water partition coefficient (Wildman–Crippen LogP) is 3.15. The van der Waals surface area contributed by atoms with Crippen LogP contribution in [0.4, 0.5) is 0 Å². The van der Waals surface area contributed by atoms with E-state index in [0.29, 0.717) is 0 Å². The molecule has 1 saturated heterocycles. The number of likely N-dealkylation sites (tertiary alicyclic amines) is 1. The number of hydrogen-bond acceptors (Lipinski definition) is 3. The van der Waals surface area contributed by atoms with E-state index in [1.807, 2.05) is 6.92 Å². The quantitative estimate of drug-likeness (QED) is 0.571. The maximum absolute atomic E-state index is 11.6. The van der Waals surface area contributed by atoms with Crippen molar-refractivity contribution in [2.45, 2.75) is 71.6 Å². The second-order valence-electron chi connectivity index (χ2n) is 6.34. The molecule has 0 amide bonds. The third-order valence-corrected chi connectivity index (χ3v) is 3.82. The van der Waals surface area contributed by atoms with E-state index in [2.05, 4.69) is 39.5 Å². The van der Waals surface area contributed by atoms with Gasteiger partial charge in [-0.3, -0.25) is 4.90 Å². The van der Waals surface area contributed by atoms with E-state index >= 15 is 0 Å². The van der Waals surface area contributed by atoms with Crippen molar-refractivity contribution in [3.63, 3.8) is 0 Å². The first-order valence-corrected chi connectivity index (χ1v) is 6.84. The van der Waals surface area contributed by atoms with E-state index in [1.165, 1.54) is 6.08 Å². The molecule has 1 heterocycles. The van der Waals surface area contributed by atoms with E-state index in [-0.39, 0.29) is 23.2 Å². The van der Waals surface area contributed by atoms with Crippen LogP contribution in [0.25, 0.3) is 0 Å². The maximum Gasteiger partial charge on any atom is 0.330 e. The highest BCUT2D eigenvalue weighted by Gasteiger charge is 2.45. The van der Waals surface area contributed by atoms with Crippen LogP contribution in [-0.4, -0.2) is 34.6 Å². The molecule has 0 radical (unpaired) electrons. The highest BCUT2D eigenvalue weighted by Crippen LogP contribution is 2.39. The molecular formula is C15H27NO2. The number of carbonyl (C=O) groups excluding carboxylic acids is 1. The first-order valence-electron chi connectivity index (χ1n) is 6.84. The Labute approximate surface area is 111 Å². The van der Waals surface area contributed by atoms with Gasteiger partial charge < -0.3 is 4.74 Å². The minimum absolute atomic E-state index is 0.0153. The van der Waals surface area contributed by atoms with Crippen molar-refractivity contribution in [1.82, 2.24) is 4.90 Å². The minimum atomic E-state index is -0.223. The van der Waals surface area contributed by atoms with Gasteiger partial charge in [-0.25, -0.2) is 4.79 Å². The summed E-state index contributed by atoms with van der Waals surface area (Å²) in [6.07, 6.45) is 5.02. The van der Waals surface area contributed by atoms with Gasteiger partial charge in [-0.05, 0) is 41.2 Å². The van der Waals surface area contributed by atoms with Gasteiger partial charge in [0.2, 0.25) is 0 Å². The van der Waals surface area contributed by atoms with E-state index in [0.717, 1.165) is 19.4 Å². The number of carbonyl (C=O) groups is 1. The van der Waals surface area contributed by atoms with E-state index < -0.39 is 0 Å². The summed E-state index contributed by atoms with van der Waals surface area (Å²) in [6.45, 7) is 14.0. The van der Waals surface area contributed by atoms with Crippen LogP contribution in [0, 0.1) is 0 Å². The molecule has 0 aliphatic carbocycles. The fourth-order valence-corrected chi connectivity index (χ4v) is 3.51. The molecular weight excluding hydrogens is 226 g/mol. The average molecular weight is 253 g/mol. The fraction of sp³-hybridized carbons (Fsp3) is 0.800. The first-order chi connectivity index (χ1) is 8.23. The number of piperidine rings is 1. The van der Waals surface area contributed by atoms with E-state index in [9.17, 15) is 4.79 Å². The zero-order chi connectivity index (χ0) is 14.0. The van der Waals surface area contributed by atoms with Gasteiger partial charge in [0.25, 0.3) is 0 Å². The summed E-state index contributed by atoms with van der Waals surface area (Å²) >= 11 is 0. The summed E-state index contributed by atoms with van der Waals surface area (Å²) in [7, 11) is 0. The summed E-state index contributed by atoms with van der Waals surface area (Å²) in [6, 6.07) is 0. The number of allylic oxidation sites excluding steroid dienone is 1. The Kier molecular flexibility index (Phi) is 4.60. The largest absolute Gasteiger partial charge is 0.459 e. The van der Waals surface area contributed by atoms with Crippen molar-refractivity contribution in [3.8, 4) is 0 Å². The lowest BCUT2D eigenvalue weighted by atomic mass is 9.78. The second kappa shape index (κ2) is 5.43. The Balaban J connectivity index is 2.80. The Hall–Kier alpha value is -0.830. The normalized spacial score (nSPS) is 24.3. The van der Waals surface area contributed by atoms with Crippen LogP contribution < -0.4 is 0 Å². The van der Waals surface area contributed by atoms with Gasteiger partial charge in [-0.15, -0.1) is 0 Å². The fourth-order valence-electron chi connectivity index (χ4n) is 3.51. The highest BCUT2D eigenvalue weighted by molar-refractivity contribution is 5.81. The molecule has 0 bridgehead atoms. The molecule has 104 valence electrons. The van der Waals surface area contributed by atoms with Gasteiger partial charge in [0.1, 0.15) is 6.10 Å². The van der Waals surface area contributed by atoms with Crippen LogP contribution in [0.3, 0.4) is 0 Å². The monoisotopic (exact) mass is 253 g/mol. The SMILES string of the molecule is CC=CC(=O)OC1CC(C)(C)N(CC)C(C)(C)C1. The molecule has 0 atom stereocenters. The molecule has 1 fully saturated rings. The zero-order valence-electron chi connectivity index (χ0n) is 12.6. The van der Waals surface area contributed by atoms with Crippen molar-refractivity contribution in [2.75, 3.05) is 6.54 Å². The zero-order valence-corrected chi connectivity index (χ0v) is 12.6. The number of esters is 1. The summed E-state index contributed by atoms with van der Waals surface area (Å²) in [5.74, 6) is -0.223. The van der Waals surface area contributed by atoms with Crippen LogP contribution in [0.1, 0.15) is 54.4 Å². The molecule has 3 nitrogen and oxygen atoms in total. The number of ether oxygens (including phenoxy) is 1. The van der Waals surface area contributed by atoms with Crippen molar-refractivity contribution >= 4 is 5.97 Å². The summed E-state index contributed by atoms with van der Waals surface area (Å²) in [5.41, 5.74) is 0.134. The molecule has 18 heavy (non-hydrogen) atoms. The van der Waals surface area contributed by atoms with Crippen molar-refractivity contribution in [2.24, 2.45) is 0 Å². The van der Waals surface area contributed by atoms with E-state index in [1.54, 1.807) is 6.08 Å². The van der Waals surface area contributed by atoms with E-state index in [4.69, 9.17) is 4.74 Å². The summed E-state index contributed by atoms with van der Waals surface area (Å²) in [4.78, 5) is 14.1. The first kappa shape index (κ1) is 15.2. The van der Waals surface area contributed by atoms with Crippen LogP contribution >= 0.6 is 0 Å². The molecule has 0 spiro atoms. The van der Waals surface area contributed by atoms with Gasteiger partial charge >= 0.3 is 5.97 Å². The van der Waals surface area contributed by atoms with Crippen molar-refractivity contribution in [1.29, 1.82) is 0 Å². The molecule has 0 saturated carbocycles. The third kappa shape index (κ3) is 3.35. The second-order valence-corrected chi connectivity index (χ2v) is 6.34. The maximum atomic E-state index is 11.6. The van der Waals surface area contributed by atoms with Gasteiger partial charge in [-0.1, -0.05) is 13.0 Å². The molecule has 3 heteroatoms. The van der Waals surface area contributed by atoms with Crippen molar-refractivity contribution in [3.05, 3.63) is 12.2 Å². The Bertz CT molecular complexity index is 313. The molecule has 1 rings (SSSR count). The molecule has 0 unspecified atom stereocenters. The smallest absolute Gasteiger partial charge is 0.330 e. The lowest BCUT2D eigenvalue weighted by molar-refractivity contribution is -0.154. The topological polar surface area (TPSA) is 29.5 Å². The van der Waals surface area contributed by atoms with Crippen molar-refractivity contribution < 1.29 is 9.53 Å². The Morgan fingerprint density at radius 2 is 1.78 bits per heavy atom. The lowest BCUT2D eigenvalue weighted by Crippen LogP contribution is -2.62. The number of rotatable bonds is 3. The molecule has 0 aromatic carbocycles. The van der Waals surface area contributed by atoms with Gasteiger partial charge in [0.15, 0.2) is 0 Å². The van der Waals surface area contributed by atoms with Crippen LogP contribution in [0.15, 0.2) is 12.2 Å². The van der Waals surface area contributed by atoms with Gasteiger partial charge in [0, 0.05) is 30.0 Å². The van der Waals surface area contributed by atoms with Crippen LogP contribution in [0.5, 0.6) is 0 Å².